The molecule has 1 aromatic carbocycles. The zero-order valence-corrected chi connectivity index (χ0v) is 11.8. The summed E-state index contributed by atoms with van der Waals surface area (Å²) in [6, 6.07) is 5.02. The Hall–Kier alpha value is -0.320. The van der Waals surface area contributed by atoms with Gasteiger partial charge in [-0.05, 0) is 31.5 Å². The van der Waals surface area contributed by atoms with Crippen molar-refractivity contribution in [2.45, 2.75) is 25.3 Å². The van der Waals surface area contributed by atoms with Crippen LogP contribution in [-0.4, -0.2) is 19.2 Å². The van der Waals surface area contributed by atoms with E-state index in [0.717, 1.165) is 13.0 Å². The van der Waals surface area contributed by atoms with E-state index in [-0.39, 0.29) is 18.2 Å². The maximum atomic E-state index is 13.1. The predicted molar refractivity (Wildman–Crippen MR) is 72.5 cm³/mol. The minimum Gasteiger partial charge on any atom is -0.492 e. The van der Waals surface area contributed by atoms with Crippen molar-refractivity contribution < 1.29 is 9.13 Å². The summed E-state index contributed by atoms with van der Waals surface area (Å²) in [5.41, 5.74) is 0. The third-order valence-corrected chi connectivity index (χ3v) is 3.16. The van der Waals surface area contributed by atoms with Gasteiger partial charge >= 0.3 is 0 Å². The fraction of sp³-hybridized carbons (Fsp3) is 0.500. The molecule has 1 aliphatic heterocycles. The highest BCUT2D eigenvalue weighted by atomic mass is 79.9. The summed E-state index contributed by atoms with van der Waals surface area (Å²) in [5.74, 6) is 0.306. The monoisotopic (exact) mass is 323 g/mol. The molecule has 0 aliphatic carbocycles. The van der Waals surface area contributed by atoms with Crippen molar-refractivity contribution in [2.75, 3.05) is 13.2 Å². The number of hydrogen-bond acceptors (Lipinski definition) is 2. The second-order valence-electron chi connectivity index (χ2n) is 4.06. The van der Waals surface area contributed by atoms with Gasteiger partial charge in [0.2, 0.25) is 0 Å². The molecule has 1 N–H and O–H groups in total. The molecule has 0 bridgehead atoms. The molecule has 96 valence electrons. The van der Waals surface area contributed by atoms with Crippen LogP contribution in [0.4, 0.5) is 4.39 Å². The van der Waals surface area contributed by atoms with Gasteiger partial charge in [-0.15, -0.1) is 12.4 Å². The smallest absolute Gasteiger partial charge is 0.128 e. The molecule has 0 amide bonds. The highest BCUT2D eigenvalue weighted by Gasteiger charge is 2.13. The van der Waals surface area contributed by atoms with E-state index >= 15 is 0 Å². The molecule has 1 aromatic rings. The lowest BCUT2D eigenvalue weighted by Gasteiger charge is -2.23. The molecule has 5 heteroatoms. The standard InChI is InChI=1S/C12H15BrFNO.ClH/c13-9-5-10(14)7-12(6-9)16-8-11-3-1-2-4-15-11;/h5-7,11,15H,1-4,8H2;1H. The molecule has 0 radical (unpaired) electrons. The van der Waals surface area contributed by atoms with Gasteiger partial charge in [0, 0.05) is 16.6 Å². The summed E-state index contributed by atoms with van der Waals surface area (Å²) in [7, 11) is 0. The maximum absolute atomic E-state index is 13.1. The molecule has 0 saturated carbocycles. The lowest BCUT2D eigenvalue weighted by Crippen LogP contribution is -2.38. The van der Waals surface area contributed by atoms with E-state index < -0.39 is 0 Å². The molecule has 0 aromatic heterocycles. The molecule has 1 unspecified atom stereocenters. The van der Waals surface area contributed by atoms with Crippen molar-refractivity contribution >= 4 is 28.3 Å². The summed E-state index contributed by atoms with van der Waals surface area (Å²) < 4.78 is 19.4. The summed E-state index contributed by atoms with van der Waals surface area (Å²) in [4.78, 5) is 0. The van der Waals surface area contributed by atoms with Gasteiger partial charge in [-0.25, -0.2) is 4.39 Å². The van der Waals surface area contributed by atoms with Crippen LogP contribution in [0, 0.1) is 5.82 Å². The average Bonchev–Trinajstić information content (AvgIpc) is 2.27. The molecule has 0 spiro atoms. The Morgan fingerprint density at radius 3 is 2.82 bits per heavy atom. The fourth-order valence-corrected chi connectivity index (χ4v) is 2.32. The van der Waals surface area contributed by atoms with Gasteiger partial charge in [-0.1, -0.05) is 22.4 Å². The first-order chi connectivity index (χ1) is 7.74. The molecule has 1 heterocycles. The average molecular weight is 325 g/mol. The molecular weight excluding hydrogens is 308 g/mol. The van der Waals surface area contributed by atoms with Crippen LogP contribution in [0.15, 0.2) is 22.7 Å². The Morgan fingerprint density at radius 2 is 2.18 bits per heavy atom. The van der Waals surface area contributed by atoms with E-state index in [1.807, 2.05) is 0 Å². The first-order valence-corrected chi connectivity index (χ1v) is 6.35. The molecule has 1 fully saturated rings. The van der Waals surface area contributed by atoms with Gasteiger partial charge in [0.15, 0.2) is 0 Å². The summed E-state index contributed by atoms with van der Waals surface area (Å²) in [5, 5.41) is 3.39. The zero-order valence-electron chi connectivity index (χ0n) is 9.42. The highest BCUT2D eigenvalue weighted by molar-refractivity contribution is 9.10. The number of piperidine rings is 1. The van der Waals surface area contributed by atoms with Crippen molar-refractivity contribution in [2.24, 2.45) is 0 Å². The molecular formula is C12H16BrClFNO. The second kappa shape index (κ2) is 7.19. The van der Waals surface area contributed by atoms with Gasteiger partial charge in [-0.3, -0.25) is 0 Å². The number of ether oxygens (including phenoxy) is 1. The molecule has 2 nitrogen and oxygen atoms in total. The van der Waals surface area contributed by atoms with Gasteiger partial charge < -0.3 is 10.1 Å². The highest BCUT2D eigenvalue weighted by Crippen LogP contribution is 2.21. The quantitative estimate of drug-likeness (QED) is 0.918. The number of benzene rings is 1. The molecule has 17 heavy (non-hydrogen) atoms. The van der Waals surface area contributed by atoms with Crippen molar-refractivity contribution in [3.8, 4) is 5.75 Å². The summed E-state index contributed by atoms with van der Waals surface area (Å²) in [6.45, 7) is 1.66. The van der Waals surface area contributed by atoms with Crippen molar-refractivity contribution in [1.29, 1.82) is 0 Å². The van der Waals surface area contributed by atoms with E-state index in [1.165, 1.54) is 25.0 Å². The normalized spacial score (nSPS) is 19.5. The predicted octanol–water partition coefficient (Wildman–Crippen LogP) is 3.53. The van der Waals surface area contributed by atoms with Gasteiger partial charge in [0.05, 0.1) is 0 Å². The molecule has 1 aliphatic rings. The Morgan fingerprint density at radius 1 is 1.35 bits per heavy atom. The van der Waals surface area contributed by atoms with Gasteiger partial charge in [-0.2, -0.15) is 0 Å². The van der Waals surface area contributed by atoms with E-state index in [4.69, 9.17) is 4.74 Å². The molecule has 1 saturated heterocycles. The van der Waals surface area contributed by atoms with Crippen LogP contribution >= 0.6 is 28.3 Å². The van der Waals surface area contributed by atoms with Gasteiger partial charge in [0.25, 0.3) is 0 Å². The number of halogens is 3. The number of rotatable bonds is 3. The van der Waals surface area contributed by atoms with Crippen molar-refractivity contribution in [3.05, 3.63) is 28.5 Å². The van der Waals surface area contributed by atoms with Crippen LogP contribution in [0.1, 0.15) is 19.3 Å². The molecule has 2 rings (SSSR count). The summed E-state index contributed by atoms with van der Waals surface area (Å²) in [6.07, 6.45) is 3.62. The Labute approximate surface area is 115 Å². The first-order valence-electron chi connectivity index (χ1n) is 5.56. The van der Waals surface area contributed by atoms with E-state index in [0.29, 0.717) is 22.9 Å². The van der Waals surface area contributed by atoms with Crippen LogP contribution in [0.2, 0.25) is 0 Å². The third-order valence-electron chi connectivity index (χ3n) is 2.70. The van der Waals surface area contributed by atoms with Crippen LogP contribution in [-0.2, 0) is 0 Å². The largest absolute Gasteiger partial charge is 0.492 e. The Bertz CT molecular complexity index is 338. The van der Waals surface area contributed by atoms with E-state index in [2.05, 4.69) is 21.2 Å². The fourth-order valence-electron chi connectivity index (χ4n) is 1.87. The topological polar surface area (TPSA) is 21.3 Å². The van der Waals surface area contributed by atoms with Crippen LogP contribution in [0.3, 0.4) is 0 Å². The van der Waals surface area contributed by atoms with E-state index in [1.54, 1.807) is 6.07 Å². The van der Waals surface area contributed by atoms with Gasteiger partial charge in [0.1, 0.15) is 18.2 Å². The number of hydrogen-bond donors (Lipinski definition) is 1. The summed E-state index contributed by atoms with van der Waals surface area (Å²) >= 11 is 3.24. The minimum atomic E-state index is -0.277. The SMILES string of the molecule is Cl.Fc1cc(Br)cc(OCC2CCCCN2)c1. The lowest BCUT2D eigenvalue weighted by atomic mass is 10.1. The first kappa shape index (κ1) is 14.7. The van der Waals surface area contributed by atoms with Crippen LogP contribution in [0.5, 0.6) is 5.75 Å². The lowest BCUT2D eigenvalue weighted by molar-refractivity contribution is 0.238. The van der Waals surface area contributed by atoms with Crippen molar-refractivity contribution in [3.63, 3.8) is 0 Å². The third kappa shape index (κ3) is 4.82. The van der Waals surface area contributed by atoms with E-state index in [9.17, 15) is 4.39 Å². The Kier molecular flexibility index (Phi) is 6.23. The van der Waals surface area contributed by atoms with Crippen molar-refractivity contribution in [1.82, 2.24) is 5.32 Å². The second-order valence-corrected chi connectivity index (χ2v) is 4.98. The van der Waals surface area contributed by atoms with Crippen LogP contribution < -0.4 is 10.1 Å². The molecule has 1 atom stereocenters. The minimum absolute atomic E-state index is 0. The maximum Gasteiger partial charge on any atom is 0.128 e. The van der Waals surface area contributed by atoms with Crippen LogP contribution in [0.25, 0.3) is 0 Å². The number of nitrogens with one attached hydrogen (secondary N) is 1. The zero-order chi connectivity index (χ0) is 11.4. The Balaban J connectivity index is 0.00000144.